The molecule has 0 aromatic carbocycles. The van der Waals surface area contributed by atoms with Crippen LogP contribution in [0.4, 0.5) is 4.79 Å². The molecule has 4 rings (SSSR count). The molecule has 1 fully saturated rings. The molecule has 4 N–H and O–H groups in total. The number of aromatic nitrogens is 2. The van der Waals surface area contributed by atoms with Gasteiger partial charge in [0.1, 0.15) is 11.4 Å². The van der Waals surface area contributed by atoms with Gasteiger partial charge in [-0.2, -0.15) is 4.40 Å². The van der Waals surface area contributed by atoms with Gasteiger partial charge in [-0.15, -0.1) is 4.57 Å². The number of carbonyl (C=O) groups excluding carboxylic acids is 2. The van der Waals surface area contributed by atoms with Gasteiger partial charge in [0.15, 0.2) is 0 Å². The van der Waals surface area contributed by atoms with Crippen LogP contribution in [-0.4, -0.2) is 55.5 Å². The molecule has 31 heavy (non-hydrogen) atoms. The van der Waals surface area contributed by atoms with E-state index < -0.39 is 24.0 Å². The smallest absolute Gasteiger partial charge is 0.411 e. The lowest BCUT2D eigenvalue weighted by Gasteiger charge is -2.46. The maximum absolute atomic E-state index is 12.6. The molecular weight excluding hydrogens is 555 g/mol. The van der Waals surface area contributed by atoms with E-state index in [1.165, 1.54) is 32.6 Å². The predicted octanol–water partition coefficient (Wildman–Crippen LogP) is -1.71. The van der Waals surface area contributed by atoms with Gasteiger partial charge in [0.05, 0.1) is 22.9 Å². The van der Waals surface area contributed by atoms with E-state index in [9.17, 15) is 24.6 Å². The number of hydrogen-bond acceptors (Lipinski definition) is 6. The van der Waals surface area contributed by atoms with Crippen LogP contribution in [0, 0.1) is 18.8 Å². The largest absolute Gasteiger partial charge is 1.00 e. The zero-order chi connectivity index (χ0) is 22.1. The zero-order valence-corrected chi connectivity index (χ0v) is 21.1. The molecule has 4 heterocycles. The average molecular weight is 578 g/mol. The third kappa shape index (κ3) is 3.29. The fourth-order valence-corrected chi connectivity index (χ4v) is 6.95. The summed E-state index contributed by atoms with van der Waals surface area (Å²) >= 11 is 2.86. The normalized spacial score (nSPS) is 23.6. The molecule has 2 aromatic rings. The van der Waals surface area contributed by atoms with Crippen molar-refractivity contribution in [1.82, 2.24) is 9.47 Å². The Kier molecular flexibility index (Phi) is 6.48. The van der Waals surface area contributed by atoms with Crippen molar-refractivity contribution >= 4 is 51.4 Å². The van der Waals surface area contributed by atoms with Gasteiger partial charge >= 0.3 is 12.0 Å². The quantitative estimate of drug-likeness (QED) is 0.168. The monoisotopic (exact) mass is 578 g/mol. The molecule has 12 heteroatoms. The minimum Gasteiger partial charge on any atom is -1.00 e. The number of aryl methyl sites for hydroxylation is 1. The van der Waals surface area contributed by atoms with Crippen LogP contribution in [0.1, 0.15) is 31.3 Å². The number of carboxylic acid groups (broad SMARTS) is 1. The zero-order valence-electron chi connectivity index (χ0n) is 17.3. The standard InChI is InChI=1S/C19H22N4O5S2.HI/c1-5-29-16-17-21(6-22(16)19(20)28)8(3)14(30-17)10-7(2)12-11(9(4)24)15(25)23(12)13(10)18(26)27;/h6-7,9,11-12,24H,5H2,1-4H3,(H2-,20,26,27,28);1H/t7-,9+,11+,12+;/m0./s1. The summed E-state index contributed by atoms with van der Waals surface area (Å²) in [5, 5.41) is 20.7. The minimum atomic E-state index is -1.16. The number of hydrogen-bond donors (Lipinski definition) is 3. The van der Waals surface area contributed by atoms with Crippen molar-refractivity contribution in [1.29, 1.82) is 0 Å². The Hall–Kier alpha value is -1.64. The lowest BCUT2D eigenvalue weighted by molar-refractivity contribution is -0.515. The van der Waals surface area contributed by atoms with E-state index in [2.05, 4.69) is 0 Å². The highest BCUT2D eigenvalue weighted by molar-refractivity contribution is 7.99. The molecule has 0 unspecified atom stereocenters. The van der Waals surface area contributed by atoms with E-state index >= 15 is 0 Å². The molecule has 0 aliphatic carbocycles. The van der Waals surface area contributed by atoms with Crippen LogP contribution in [-0.2, 0) is 9.59 Å². The van der Waals surface area contributed by atoms with Gasteiger partial charge in [0.2, 0.25) is 15.8 Å². The number of nitrogens with zero attached hydrogens (tertiary/aromatic N) is 3. The van der Waals surface area contributed by atoms with Crippen molar-refractivity contribution in [2.24, 2.45) is 17.6 Å². The van der Waals surface area contributed by atoms with Crippen LogP contribution in [0.5, 0.6) is 0 Å². The Morgan fingerprint density at radius 3 is 2.58 bits per heavy atom. The number of thioether (sulfide) groups is 1. The summed E-state index contributed by atoms with van der Waals surface area (Å²) in [6.07, 6.45) is 0.766. The molecule has 1 saturated heterocycles. The van der Waals surface area contributed by atoms with E-state index in [0.29, 0.717) is 10.6 Å². The van der Waals surface area contributed by atoms with Crippen molar-refractivity contribution in [3.63, 3.8) is 0 Å². The second-order valence-corrected chi connectivity index (χ2v) is 9.83. The van der Waals surface area contributed by atoms with Gasteiger partial charge < -0.3 is 44.8 Å². The Morgan fingerprint density at radius 2 is 2.06 bits per heavy atom. The van der Waals surface area contributed by atoms with E-state index in [1.54, 1.807) is 13.3 Å². The summed E-state index contributed by atoms with van der Waals surface area (Å²) in [4.78, 5) is 39.5. The number of nitrogens with two attached hydrogens (primary N) is 1. The number of carboxylic acids is 1. The summed E-state index contributed by atoms with van der Waals surface area (Å²) in [5.41, 5.74) is 6.86. The minimum absolute atomic E-state index is 0. The maximum Gasteiger partial charge on any atom is 0.411 e. The molecule has 2 aromatic heterocycles. The average Bonchev–Trinajstić information content (AvgIpc) is 3.24. The van der Waals surface area contributed by atoms with E-state index in [1.807, 2.05) is 25.2 Å². The van der Waals surface area contributed by atoms with Crippen molar-refractivity contribution < 1.29 is 53.0 Å². The van der Waals surface area contributed by atoms with Crippen LogP contribution in [0.3, 0.4) is 0 Å². The molecular formula is C19H23IN4O5S2. The summed E-state index contributed by atoms with van der Waals surface area (Å²) in [6, 6.07) is -0.962. The van der Waals surface area contributed by atoms with Gasteiger partial charge in [0.25, 0.3) is 6.33 Å². The van der Waals surface area contributed by atoms with Crippen LogP contribution in [0.15, 0.2) is 17.1 Å². The van der Waals surface area contributed by atoms with Crippen molar-refractivity contribution in [2.45, 2.75) is 44.9 Å². The Balaban J connectivity index is 0.00000272. The fraction of sp³-hybridized carbons (Fsp3) is 0.474. The number of primary amides is 1. The fourth-order valence-electron chi connectivity index (χ4n) is 4.58. The van der Waals surface area contributed by atoms with Gasteiger partial charge in [-0.05, 0) is 19.6 Å². The lowest BCUT2D eigenvalue weighted by atomic mass is 9.77. The van der Waals surface area contributed by atoms with Crippen LogP contribution in [0.2, 0.25) is 0 Å². The van der Waals surface area contributed by atoms with Gasteiger partial charge in [0, 0.05) is 11.5 Å². The third-order valence-corrected chi connectivity index (χ3v) is 8.26. The Bertz CT molecular complexity index is 1140. The molecule has 0 saturated carbocycles. The number of aliphatic hydroxyl groups is 1. The number of rotatable bonds is 5. The van der Waals surface area contributed by atoms with Gasteiger partial charge in [-0.1, -0.05) is 36.9 Å². The van der Waals surface area contributed by atoms with Crippen molar-refractivity contribution in [3.8, 4) is 0 Å². The Morgan fingerprint density at radius 1 is 1.42 bits per heavy atom. The second-order valence-electron chi connectivity index (χ2n) is 7.57. The highest BCUT2D eigenvalue weighted by atomic mass is 127. The lowest BCUT2D eigenvalue weighted by Crippen LogP contribution is -3.00. The number of β-lactam (4-membered cyclic amide) rings is 1. The first-order chi connectivity index (χ1) is 14.1. The number of fused-ring (bicyclic) bond motifs is 2. The number of aliphatic hydroxyl groups excluding tert-OH is 1. The number of carbonyl (C=O) groups is 3. The third-order valence-electron chi connectivity index (χ3n) is 5.88. The number of imidazole rings is 1. The van der Waals surface area contributed by atoms with E-state index in [4.69, 9.17) is 5.73 Å². The number of aliphatic carboxylic acids is 1. The summed E-state index contributed by atoms with van der Waals surface area (Å²) in [7, 11) is 0. The SMILES string of the molecule is CCSc1c2sc(C3=C(C(=O)O)N4C(=O)[C@H]([C@@H](C)O)[C@H]4[C@H]3C)c(C)[n+]2cn1C(N)=O.[I-]. The van der Waals surface area contributed by atoms with Gasteiger partial charge in [-0.3, -0.25) is 4.79 Å². The maximum atomic E-state index is 12.6. The molecule has 0 spiro atoms. The molecule has 9 nitrogen and oxygen atoms in total. The highest BCUT2D eigenvalue weighted by Crippen LogP contribution is 2.52. The van der Waals surface area contributed by atoms with Gasteiger partial charge in [-0.25, -0.2) is 9.59 Å². The van der Waals surface area contributed by atoms with Crippen LogP contribution < -0.4 is 34.1 Å². The second kappa shape index (κ2) is 8.37. The van der Waals surface area contributed by atoms with E-state index in [0.717, 1.165) is 21.2 Å². The molecule has 4 atom stereocenters. The first-order valence-corrected chi connectivity index (χ1v) is 11.4. The summed E-state index contributed by atoms with van der Waals surface area (Å²) in [6.45, 7) is 7.28. The Labute approximate surface area is 203 Å². The number of halogens is 1. The van der Waals surface area contributed by atoms with Crippen molar-refractivity contribution in [2.75, 3.05) is 5.75 Å². The van der Waals surface area contributed by atoms with Crippen LogP contribution >= 0.6 is 23.1 Å². The summed E-state index contributed by atoms with van der Waals surface area (Å²) in [5.74, 6) is -1.64. The topological polar surface area (TPSA) is 130 Å². The molecule has 0 bridgehead atoms. The first-order valence-electron chi connectivity index (χ1n) is 9.59. The summed E-state index contributed by atoms with van der Waals surface area (Å²) < 4.78 is 3.23. The van der Waals surface area contributed by atoms with Crippen molar-refractivity contribution in [3.05, 3.63) is 22.6 Å². The van der Waals surface area contributed by atoms with Crippen LogP contribution in [0.25, 0.3) is 10.4 Å². The molecule has 0 radical (unpaired) electrons. The number of amides is 2. The van der Waals surface area contributed by atoms with E-state index in [-0.39, 0.29) is 47.5 Å². The highest BCUT2D eigenvalue weighted by Gasteiger charge is 2.60. The number of thiazole rings is 1. The molecule has 2 aliphatic rings. The molecule has 2 amide bonds. The molecule has 2 aliphatic heterocycles. The predicted molar refractivity (Wildman–Crippen MR) is 111 cm³/mol. The molecule has 168 valence electrons. The first kappa shape index (κ1) is 24.0.